The van der Waals surface area contributed by atoms with Gasteiger partial charge in [-0.05, 0) is 87.2 Å². The fourth-order valence-electron chi connectivity index (χ4n) is 4.82. The van der Waals surface area contributed by atoms with E-state index in [1.54, 1.807) is 6.92 Å². The summed E-state index contributed by atoms with van der Waals surface area (Å²) in [6.45, 7) is 14.3. The lowest BCUT2D eigenvalue weighted by molar-refractivity contribution is -0.142. The van der Waals surface area contributed by atoms with Gasteiger partial charge in [0.1, 0.15) is 29.3 Å². The zero-order chi connectivity index (χ0) is 32.0. The number of carbonyl (C=O) groups is 2. The van der Waals surface area contributed by atoms with Crippen LogP contribution in [0, 0.1) is 0 Å². The predicted octanol–water partition coefficient (Wildman–Crippen LogP) is 7.95. The van der Waals surface area contributed by atoms with Crippen molar-refractivity contribution in [2.24, 2.45) is 5.73 Å². The molecular weight excluding hydrogens is 556 g/mol. The van der Waals surface area contributed by atoms with E-state index in [1.165, 1.54) is 0 Å². The number of ether oxygens (including phenoxy) is 3. The highest BCUT2D eigenvalue weighted by molar-refractivity contribution is 5.94. The molecule has 0 aliphatic rings. The number of rotatable bonds is 11. The quantitative estimate of drug-likeness (QED) is 0.168. The van der Waals surface area contributed by atoms with Gasteiger partial charge in [-0.15, -0.1) is 0 Å². The average Bonchev–Trinajstić information content (AvgIpc) is 3.39. The summed E-state index contributed by atoms with van der Waals surface area (Å²) < 4.78 is 23.3. The van der Waals surface area contributed by atoms with Crippen LogP contribution in [0.15, 0.2) is 65.1 Å². The molecule has 0 aliphatic heterocycles. The maximum atomic E-state index is 12.3. The molecule has 234 valence electrons. The largest absolute Gasteiger partial charge is 0.489 e. The molecule has 0 saturated carbocycles. The fraction of sp³-hybridized carbons (Fsp3) is 0.389. The third-order valence-corrected chi connectivity index (χ3v) is 6.99. The molecule has 0 bridgehead atoms. The van der Waals surface area contributed by atoms with Gasteiger partial charge < -0.3 is 29.7 Å². The van der Waals surface area contributed by atoms with E-state index in [1.807, 2.05) is 70.2 Å². The Kier molecular flexibility index (Phi) is 10.4. The lowest BCUT2D eigenvalue weighted by Gasteiger charge is -2.19. The Morgan fingerprint density at radius 2 is 1.75 bits per heavy atom. The van der Waals surface area contributed by atoms with Crippen molar-refractivity contribution < 1.29 is 28.2 Å². The second-order valence-electron chi connectivity index (χ2n) is 12.3. The Morgan fingerprint density at radius 3 is 2.43 bits per heavy atom. The van der Waals surface area contributed by atoms with Crippen LogP contribution in [0.5, 0.6) is 5.75 Å². The summed E-state index contributed by atoms with van der Waals surface area (Å²) in [4.78, 5) is 24.5. The van der Waals surface area contributed by atoms with E-state index < -0.39 is 11.7 Å². The molecule has 0 fully saturated rings. The lowest BCUT2D eigenvalue weighted by Crippen LogP contribution is -2.32. The van der Waals surface area contributed by atoms with Crippen molar-refractivity contribution in [3.8, 4) is 16.9 Å². The molecule has 0 spiro atoms. The number of carbonyl (C=O) groups excluding carboxylic acids is 2. The van der Waals surface area contributed by atoms with Crippen molar-refractivity contribution in [3.05, 3.63) is 88.7 Å². The predicted molar refractivity (Wildman–Crippen MR) is 173 cm³/mol. The fourth-order valence-corrected chi connectivity index (χ4v) is 4.82. The molecule has 44 heavy (non-hydrogen) atoms. The van der Waals surface area contributed by atoms with E-state index in [2.05, 4.69) is 37.4 Å². The molecule has 3 N–H and O–H groups in total. The van der Waals surface area contributed by atoms with Crippen LogP contribution in [0.2, 0.25) is 0 Å². The molecule has 0 aliphatic carbocycles. The van der Waals surface area contributed by atoms with Gasteiger partial charge in [0.15, 0.2) is 0 Å². The van der Waals surface area contributed by atoms with E-state index in [-0.39, 0.29) is 31.0 Å². The van der Waals surface area contributed by atoms with Gasteiger partial charge in [0.2, 0.25) is 0 Å². The molecule has 3 aromatic carbocycles. The molecule has 1 atom stereocenters. The summed E-state index contributed by atoms with van der Waals surface area (Å²) >= 11 is 0. The number of nitrogens with two attached hydrogens (primary N) is 1. The van der Waals surface area contributed by atoms with E-state index in [0.29, 0.717) is 18.9 Å². The van der Waals surface area contributed by atoms with Gasteiger partial charge in [0.05, 0.1) is 13.0 Å². The Balaban J connectivity index is 1.66. The molecule has 8 nitrogen and oxygen atoms in total. The first kappa shape index (κ1) is 32.6. The van der Waals surface area contributed by atoms with E-state index in [4.69, 9.17) is 24.4 Å². The summed E-state index contributed by atoms with van der Waals surface area (Å²) in [5.74, 6) is 1.39. The minimum atomic E-state index is -0.573. The maximum Gasteiger partial charge on any atom is 0.407 e. The molecule has 8 heteroatoms. The third kappa shape index (κ3) is 8.63. The highest BCUT2D eigenvalue weighted by atomic mass is 16.6. The Hall–Kier alpha value is -4.30. The number of amides is 1. The molecular formula is C36H44N2O6. The van der Waals surface area contributed by atoms with Crippen LogP contribution < -0.4 is 15.8 Å². The number of fused-ring (bicyclic) bond motifs is 1. The first-order valence-electron chi connectivity index (χ1n) is 15.1. The molecule has 1 unspecified atom stereocenters. The Bertz CT molecular complexity index is 1610. The van der Waals surface area contributed by atoms with E-state index in [9.17, 15) is 9.59 Å². The summed E-state index contributed by atoms with van der Waals surface area (Å²) in [6.07, 6.45) is -0.358. The van der Waals surface area contributed by atoms with Gasteiger partial charge >= 0.3 is 12.1 Å². The first-order valence-corrected chi connectivity index (χ1v) is 15.1. The number of esters is 1. The van der Waals surface area contributed by atoms with Crippen molar-refractivity contribution in [2.45, 2.75) is 85.6 Å². The third-order valence-electron chi connectivity index (χ3n) is 6.99. The Labute approximate surface area is 259 Å². The van der Waals surface area contributed by atoms with Crippen LogP contribution in [0.1, 0.15) is 88.4 Å². The average molecular weight is 601 g/mol. The van der Waals surface area contributed by atoms with Crippen LogP contribution in [0.25, 0.3) is 22.1 Å². The monoisotopic (exact) mass is 600 g/mol. The molecule has 1 amide bonds. The van der Waals surface area contributed by atoms with E-state index >= 15 is 0 Å². The summed E-state index contributed by atoms with van der Waals surface area (Å²) in [6, 6.07) is 19.7. The first-order chi connectivity index (χ1) is 20.8. The minimum absolute atomic E-state index is 0.107. The highest BCUT2D eigenvalue weighted by Crippen LogP contribution is 2.35. The summed E-state index contributed by atoms with van der Waals surface area (Å²) in [5, 5.41) is 3.80. The highest BCUT2D eigenvalue weighted by Gasteiger charge is 2.18. The normalized spacial score (nSPS) is 12.3. The van der Waals surface area contributed by atoms with Gasteiger partial charge in [0.25, 0.3) is 0 Å². The zero-order valence-electron chi connectivity index (χ0n) is 26.8. The molecule has 1 heterocycles. The molecule has 0 radical (unpaired) electrons. The van der Waals surface area contributed by atoms with Gasteiger partial charge in [-0.25, -0.2) is 4.79 Å². The second-order valence-corrected chi connectivity index (χ2v) is 12.3. The number of benzene rings is 3. The molecule has 1 aromatic heterocycles. The zero-order valence-corrected chi connectivity index (χ0v) is 26.8. The van der Waals surface area contributed by atoms with Gasteiger partial charge in [-0.2, -0.15) is 0 Å². The van der Waals surface area contributed by atoms with E-state index in [0.717, 1.165) is 50.1 Å². The van der Waals surface area contributed by atoms with Crippen LogP contribution in [0.3, 0.4) is 0 Å². The van der Waals surface area contributed by atoms with Crippen LogP contribution in [-0.4, -0.2) is 24.3 Å². The second kappa shape index (κ2) is 14.0. The topological polar surface area (TPSA) is 113 Å². The van der Waals surface area contributed by atoms with Crippen molar-refractivity contribution in [1.29, 1.82) is 0 Å². The van der Waals surface area contributed by atoms with Crippen LogP contribution in [0.4, 0.5) is 4.79 Å². The number of alkyl carbamates (subject to hydrolysis) is 1. The standard InChI is InChI=1S/C36H44N2O6/c1-8-41-33(39)19-28-13-12-26(23(4)37)17-32(28)42-21-25-15-29-18-31(22(2)3)43-34(29)30(16-25)27-11-9-10-24(14-27)20-38-35(40)44-36(5,6)7/h9-18,22-23H,8,19-21,37H2,1-7H3,(H,38,40). The molecule has 4 aromatic rings. The SMILES string of the molecule is CCOC(=O)Cc1ccc(C(C)N)cc1OCc1cc(-c2cccc(CNC(=O)OC(C)(C)C)c2)c2oc(C(C)C)cc2c1. The Morgan fingerprint density at radius 1 is 0.977 bits per heavy atom. The van der Waals surface area contributed by atoms with Gasteiger partial charge in [0, 0.05) is 35.0 Å². The van der Waals surface area contributed by atoms with Crippen molar-refractivity contribution >= 4 is 23.0 Å². The van der Waals surface area contributed by atoms with Crippen molar-refractivity contribution in [1.82, 2.24) is 5.32 Å². The number of furan rings is 1. The summed E-state index contributed by atoms with van der Waals surface area (Å²) in [7, 11) is 0. The maximum absolute atomic E-state index is 12.3. The molecule has 0 saturated heterocycles. The molecule has 4 rings (SSSR count). The van der Waals surface area contributed by atoms with Gasteiger partial charge in [-0.1, -0.05) is 44.2 Å². The minimum Gasteiger partial charge on any atom is -0.489 e. The summed E-state index contributed by atoms with van der Waals surface area (Å²) in [5.41, 5.74) is 11.8. The van der Waals surface area contributed by atoms with Crippen molar-refractivity contribution in [3.63, 3.8) is 0 Å². The number of nitrogens with one attached hydrogen (secondary N) is 1. The lowest BCUT2D eigenvalue weighted by atomic mass is 9.98. The smallest absolute Gasteiger partial charge is 0.407 e. The van der Waals surface area contributed by atoms with Crippen molar-refractivity contribution in [2.75, 3.05) is 6.61 Å². The van der Waals surface area contributed by atoms with Gasteiger partial charge in [-0.3, -0.25) is 4.79 Å². The number of hydrogen-bond donors (Lipinski definition) is 2. The van der Waals surface area contributed by atoms with Crippen LogP contribution >= 0.6 is 0 Å². The van der Waals surface area contributed by atoms with Crippen LogP contribution in [-0.2, 0) is 33.8 Å². The number of hydrogen-bond acceptors (Lipinski definition) is 7.